The van der Waals surface area contributed by atoms with Gasteiger partial charge in [0.05, 0.1) is 0 Å². The number of benzene rings is 2. The Morgan fingerprint density at radius 3 is 2.38 bits per heavy atom. The van der Waals surface area contributed by atoms with Crippen molar-refractivity contribution in [2.24, 2.45) is 0 Å². The molecule has 0 radical (unpaired) electrons. The third-order valence-electron chi connectivity index (χ3n) is 9.18. The largest absolute Gasteiger partial charge is 0.0333 e. The molecule has 2 aliphatic rings. The number of imidazole rings is 1. The number of carbonyl (C=O) groups excluding carboxylic acids is 2. The van der Waals surface area contributed by atoms with Crippen LogP contribution in [0.4, 0.5) is 0 Å². The molecule has 2 fully saturated rings. The van der Waals surface area contributed by atoms with Crippen LogP contribution in [0, 0.1) is 11.3 Å². The van der Waals surface area contributed by atoms with E-state index in [9.17, 15) is 14.9 Å². The number of fused-ring (bicyclic) bond motifs is 1. The summed E-state index contributed by atoms with van der Waals surface area (Å²) in [4.78, 5) is 41.3. The molecule has 10 nitrogen and oxygen atoms in total. The van der Waals surface area contributed by atoms with Crippen molar-refractivity contribution in [2.75, 3.05) is 39.3 Å². The van der Waals surface area contributed by atoms with Gasteiger partial charge in [0.25, 0.3) is 0 Å². The summed E-state index contributed by atoms with van der Waals surface area (Å²) >= 11 is 1.43. The second-order valence-corrected chi connectivity index (χ2v) is 13.8. The molecule has 0 aliphatic carbocycles. The average molecular weight is 694 g/mol. The van der Waals surface area contributed by atoms with Crippen LogP contribution >= 0.6 is 0 Å². The van der Waals surface area contributed by atoms with Gasteiger partial charge in [-0.25, -0.2) is 0 Å². The number of carbonyl (C=O) groups is 2. The second-order valence-electron chi connectivity index (χ2n) is 12.7. The van der Waals surface area contributed by atoms with Crippen LogP contribution in [-0.2, 0) is 9.59 Å². The van der Waals surface area contributed by atoms with E-state index in [-0.39, 0.29) is 23.3 Å². The predicted octanol–water partition coefficient (Wildman–Crippen LogP) is 3.55. The zero-order valence-corrected chi connectivity index (χ0v) is 29.5. The van der Waals surface area contributed by atoms with E-state index < -0.39 is 5.54 Å². The van der Waals surface area contributed by atoms with E-state index in [1.807, 2.05) is 79.5 Å². The molecule has 4 heterocycles. The van der Waals surface area contributed by atoms with Crippen LogP contribution in [-0.4, -0.2) is 103 Å². The molecule has 2 amide bonds. The number of amides is 2. The number of aromatic nitrogens is 3. The number of hydrogen-bond donors (Lipinski definition) is 0. The van der Waals surface area contributed by atoms with Gasteiger partial charge < -0.3 is 4.90 Å². The molecule has 0 spiro atoms. The molecule has 2 unspecified atom stereocenters. The maximum atomic E-state index is 13.8. The molecule has 2 aromatic carbocycles. The number of rotatable bonds is 7. The summed E-state index contributed by atoms with van der Waals surface area (Å²) < 4.78 is 9.06. The normalized spacial score (nSPS) is 17.9. The van der Waals surface area contributed by atoms with Crippen LogP contribution < -0.4 is 9.22 Å². The fourth-order valence-electron chi connectivity index (χ4n) is 6.61. The van der Waals surface area contributed by atoms with Gasteiger partial charge in [0, 0.05) is 33.1 Å². The van der Waals surface area contributed by atoms with Gasteiger partial charge in [-0.3, -0.25) is 4.79 Å². The minimum atomic E-state index is -0.513. The number of likely N-dealkylation sites (tertiary alicyclic amines) is 1. The smallest absolute Gasteiger partial charge is 0.0168 e. The second kappa shape index (κ2) is 13.7. The van der Waals surface area contributed by atoms with Gasteiger partial charge in [0.2, 0.25) is 5.91 Å². The summed E-state index contributed by atoms with van der Waals surface area (Å²) in [6, 6.07) is 19.8. The number of piperazine rings is 1. The van der Waals surface area contributed by atoms with E-state index in [1.165, 1.54) is 16.9 Å². The third kappa shape index (κ3) is 6.97. The van der Waals surface area contributed by atoms with Gasteiger partial charge in [-0.05, 0) is 0 Å². The molecule has 6 rings (SSSR count). The summed E-state index contributed by atoms with van der Waals surface area (Å²) in [5.41, 5.74) is 2.42. The van der Waals surface area contributed by atoms with Crippen LogP contribution in [0.25, 0.3) is 16.8 Å². The van der Waals surface area contributed by atoms with E-state index >= 15 is 0 Å². The Bertz CT molecular complexity index is 1840. The van der Waals surface area contributed by atoms with E-state index in [0.29, 0.717) is 39.3 Å². The summed E-state index contributed by atoms with van der Waals surface area (Å²) in [6.07, 6.45) is 7.25. The van der Waals surface area contributed by atoms with Crippen molar-refractivity contribution in [1.29, 1.82) is 5.26 Å². The monoisotopic (exact) mass is 693 g/mol. The molecule has 242 valence electrons. The summed E-state index contributed by atoms with van der Waals surface area (Å²) in [6.45, 7) is 9.36. The molecule has 0 N–H and O–H groups in total. The molecule has 47 heavy (non-hydrogen) atoms. The Hall–Kier alpha value is -4.45. The molecule has 2 atom stereocenters. The van der Waals surface area contributed by atoms with Gasteiger partial charge >= 0.3 is 236 Å². The van der Waals surface area contributed by atoms with Gasteiger partial charge in [-0.15, -0.1) is 0 Å². The van der Waals surface area contributed by atoms with Crippen molar-refractivity contribution >= 4 is 38.7 Å². The Balaban J connectivity index is 1.23. The first-order valence-corrected chi connectivity index (χ1v) is 17.2. The Morgan fingerprint density at radius 1 is 1.00 bits per heavy atom. The van der Waals surface area contributed by atoms with Crippen molar-refractivity contribution in [1.82, 2.24) is 29.1 Å². The van der Waals surface area contributed by atoms with Crippen LogP contribution in [0.3, 0.4) is 0 Å². The van der Waals surface area contributed by atoms with Crippen molar-refractivity contribution in [2.45, 2.75) is 45.1 Å². The molecular weight excluding hydrogens is 653 g/mol. The quantitative estimate of drug-likeness (QED) is 0.166. The Morgan fingerprint density at radius 2 is 1.70 bits per heavy atom. The first kappa shape index (κ1) is 32.5. The number of ether oxygens (including phenoxy) is 1. The number of para-hydroxylation sites is 1. The van der Waals surface area contributed by atoms with Crippen LogP contribution in [0.15, 0.2) is 78.6 Å². The van der Waals surface area contributed by atoms with Crippen molar-refractivity contribution in [3.05, 3.63) is 84.5 Å². The summed E-state index contributed by atoms with van der Waals surface area (Å²) in [7, 11) is 0. The number of nitrogens with zero attached hydrogens (tertiary/aromatic N) is 7. The average Bonchev–Trinajstić information content (AvgIpc) is 3.49. The van der Waals surface area contributed by atoms with Crippen LogP contribution in [0.1, 0.15) is 45.4 Å². The zero-order valence-electron chi connectivity index (χ0n) is 27.1. The van der Waals surface area contributed by atoms with Gasteiger partial charge in [-0.2, -0.15) is 0 Å². The standard InChI is InChI=1S/C36H40AsN7O3/c1-25(45)41-18-20-43(21-19-41)36(2,3)22-28(23-38)35(46)42-16-7-8-27(24-42)34-40-31(32-33(37)39-15-17-44(32)34)26-11-13-30(14-12-26)47-29-9-5-4-6-10-29/h4-6,9-15,17,22,27H,7-8,16,18-21,24,37H2,1-3H3. The van der Waals surface area contributed by atoms with Crippen molar-refractivity contribution in [3.8, 4) is 28.8 Å². The fraction of sp³-hybridized carbons (Fsp3) is 0.361. The first-order valence-electron chi connectivity index (χ1n) is 16.0. The molecular formula is C36H40AsN7O3. The SMILES string of the molecule is CC(=O)N1CCN(C(C)(C)C=C(C#N)C(=O)N2CCCC(c3nc(-c4ccc(Oc5ccccc5)cc4)c4c([AsH2])nccn34)C2)CC1. The Kier molecular flexibility index (Phi) is 9.49. The topological polar surface area (TPSA) is 107 Å². The fourth-order valence-corrected chi connectivity index (χ4v) is 7.37. The van der Waals surface area contributed by atoms with Crippen LogP contribution in [0.5, 0.6) is 11.5 Å². The van der Waals surface area contributed by atoms with E-state index in [2.05, 4.69) is 20.4 Å². The van der Waals surface area contributed by atoms with Crippen molar-refractivity contribution < 1.29 is 14.3 Å². The van der Waals surface area contributed by atoms with E-state index in [4.69, 9.17) is 9.72 Å². The minimum absolute atomic E-state index is 0.00320. The van der Waals surface area contributed by atoms with Crippen molar-refractivity contribution in [3.63, 3.8) is 0 Å². The zero-order chi connectivity index (χ0) is 33.1. The molecule has 2 aliphatic heterocycles. The predicted molar refractivity (Wildman–Crippen MR) is 183 cm³/mol. The molecule has 2 aromatic heterocycles. The van der Waals surface area contributed by atoms with Gasteiger partial charge in [0.15, 0.2) is 0 Å². The molecule has 11 heteroatoms. The molecule has 4 aromatic rings. The summed E-state index contributed by atoms with van der Waals surface area (Å²) in [5.74, 6) is 2.23. The maximum Gasteiger partial charge on any atom is 0.0333 e. The van der Waals surface area contributed by atoms with E-state index in [1.54, 1.807) is 24.1 Å². The number of hydrogen-bond acceptors (Lipinski definition) is 7. The number of nitriles is 1. The van der Waals surface area contributed by atoms with Gasteiger partial charge in [-0.1, -0.05) is 0 Å². The Labute approximate surface area is 284 Å². The number of piperidine rings is 1. The van der Waals surface area contributed by atoms with Crippen LogP contribution in [0.2, 0.25) is 0 Å². The third-order valence-corrected chi connectivity index (χ3v) is 10.1. The first-order chi connectivity index (χ1) is 22.6. The summed E-state index contributed by atoms with van der Waals surface area (Å²) in [5, 5.41) is 10.1. The maximum absolute atomic E-state index is 13.8. The minimum Gasteiger partial charge on any atom is 0.0168 e. The molecule has 0 saturated carbocycles. The molecule has 0 bridgehead atoms. The van der Waals surface area contributed by atoms with Gasteiger partial charge in [0.1, 0.15) is 0 Å². The van der Waals surface area contributed by atoms with E-state index in [0.717, 1.165) is 51.4 Å². The molecule has 2 saturated heterocycles.